The third-order valence-corrected chi connectivity index (χ3v) is 2.71. The second kappa shape index (κ2) is 3.93. The summed E-state index contributed by atoms with van der Waals surface area (Å²) in [6.07, 6.45) is 2.86. The van der Waals surface area contributed by atoms with Gasteiger partial charge in [0, 0.05) is 6.54 Å². The van der Waals surface area contributed by atoms with E-state index in [4.69, 9.17) is 0 Å². The van der Waals surface area contributed by atoms with E-state index in [2.05, 4.69) is 36.5 Å². The number of hydrogen-bond acceptors (Lipinski definition) is 1. The van der Waals surface area contributed by atoms with Crippen LogP contribution in [0.15, 0.2) is 24.3 Å². The minimum absolute atomic E-state index is 0.976. The van der Waals surface area contributed by atoms with Crippen LogP contribution in [0.2, 0.25) is 0 Å². The van der Waals surface area contributed by atoms with E-state index >= 15 is 0 Å². The normalized spacial score (nSPS) is 16.1. The second-order valence-corrected chi connectivity index (χ2v) is 4.00. The van der Waals surface area contributed by atoms with Crippen LogP contribution in [0.5, 0.6) is 0 Å². The SMILES string of the molecule is Cc1ccccc1CNCC1CC1. The van der Waals surface area contributed by atoms with Crippen LogP contribution >= 0.6 is 0 Å². The predicted molar refractivity (Wildman–Crippen MR) is 55.6 cm³/mol. The molecule has 0 amide bonds. The molecule has 1 aromatic rings. The highest BCUT2D eigenvalue weighted by molar-refractivity contribution is 5.25. The van der Waals surface area contributed by atoms with E-state index in [1.807, 2.05) is 0 Å². The molecule has 1 aliphatic rings. The molecule has 1 aliphatic carbocycles. The van der Waals surface area contributed by atoms with Crippen molar-refractivity contribution in [2.24, 2.45) is 5.92 Å². The minimum Gasteiger partial charge on any atom is -0.312 e. The van der Waals surface area contributed by atoms with E-state index < -0.39 is 0 Å². The first kappa shape index (κ1) is 8.76. The first-order valence-corrected chi connectivity index (χ1v) is 5.11. The molecule has 1 heteroatoms. The summed E-state index contributed by atoms with van der Waals surface area (Å²) in [4.78, 5) is 0. The predicted octanol–water partition coefficient (Wildman–Crippen LogP) is 2.49. The summed E-state index contributed by atoms with van der Waals surface area (Å²) in [6.45, 7) is 4.41. The third kappa shape index (κ3) is 2.56. The number of rotatable bonds is 4. The maximum Gasteiger partial charge on any atom is 0.0208 e. The lowest BCUT2D eigenvalue weighted by Gasteiger charge is -2.06. The highest BCUT2D eigenvalue weighted by Crippen LogP contribution is 2.27. The fraction of sp³-hybridized carbons (Fsp3) is 0.500. The number of aryl methyl sites for hydroxylation is 1. The van der Waals surface area contributed by atoms with Gasteiger partial charge in [-0.05, 0) is 43.4 Å². The summed E-state index contributed by atoms with van der Waals surface area (Å²) in [5.74, 6) is 0.976. The summed E-state index contributed by atoms with van der Waals surface area (Å²) in [5.41, 5.74) is 2.83. The maximum absolute atomic E-state index is 3.50. The van der Waals surface area contributed by atoms with E-state index in [1.54, 1.807) is 0 Å². The van der Waals surface area contributed by atoms with Crippen LogP contribution in [-0.2, 0) is 6.54 Å². The Bertz CT molecular complexity index is 276. The molecule has 0 bridgehead atoms. The van der Waals surface area contributed by atoms with E-state index in [9.17, 15) is 0 Å². The van der Waals surface area contributed by atoms with Crippen molar-refractivity contribution in [2.45, 2.75) is 26.3 Å². The van der Waals surface area contributed by atoms with Gasteiger partial charge >= 0.3 is 0 Å². The van der Waals surface area contributed by atoms with Crippen LogP contribution in [0.4, 0.5) is 0 Å². The molecule has 2 rings (SSSR count). The van der Waals surface area contributed by atoms with Crippen LogP contribution in [0.3, 0.4) is 0 Å². The Hall–Kier alpha value is -0.820. The van der Waals surface area contributed by atoms with Crippen LogP contribution < -0.4 is 5.32 Å². The van der Waals surface area contributed by atoms with Crippen molar-refractivity contribution in [1.82, 2.24) is 5.32 Å². The summed E-state index contributed by atoms with van der Waals surface area (Å²) in [6, 6.07) is 8.59. The van der Waals surface area contributed by atoms with Gasteiger partial charge < -0.3 is 5.32 Å². The Labute approximate surface area is 80.2 Å². The Morgan fingerprint density at radius 1 is 1.31 bits per heavy atom. The molecular formula is C12H17N. The lowest BCUT2D eigenvalue weighted by atomic mass is 10.1. The van der Waals surface area contributed by atoms with E-state index in [0.717, 1.165) is 12.5 Å². The molecule has 1 saturated carbocycles. The topological polar surface area (TPSA) is 12.0 Å². The van der Waals surface area contributed by atoms with Gasteiger partial charge in [-0.1, -0.05) is 24.3 Å². The van der Waals surface area contributed by atoms with Gasteiger partial charge in [0.15, 0.2) is 0 Å². The zero-order chi connectivity index (χ0) is 9.10. The average molecular weight is 175 g/mol. The van der Waals surface area contributed by atoms with Crippen LogP contribution in [0.25, 0.3) is 0 Å². The highest BCUT2D eigenvalue weighted by Gasteiger charge is 2.20. The lowest BCUT2D eigenvalue weighted by molar-refractivity contribution is 0.637. The van der Waals surface area contributed by atoms with Crippen molar-refractivity contribution >= 4 is 0 Å². The minimum atomic E-state index is 0.976. The van der Waals surface area contributed by atoms with Gasteiger partial charge in [0.2, 0.25) is 0 Å². The molecule has 0 saturated heterocycles. The van der Waals surface area contributed by atoms with Crippen molar-refractivity contribution < 1.29 is 0 Å². The summed E-state index contributed by atoms with van der Waals surface area (Å²) in [5, 5.41) is 3.50. The van der Waals surface area contributed by atoms with Gasteiger partial charge in [0.25, 0.3) is 0 Å². The van der Waals surface area contributed by atoms with Crippen molar-refractivity contribution in [3.05, 3.63) is 35.4 Å². The van der Waals surface area contributed by atoms with Gasteiger partial charge in [-0.25, -0.2) is 0 Å². The molecule has 0 spiro atoms. The lowest BCUT2D eigenvalue weighted by Crippen LogP contribution is -2.16. The number of nitrogens with one attached hydrogen (secondary N) is 1. The number of hydrogen-bond donors (Lipinski definition) is 1. The molecule has 0 heterocycles. The van der Waals surface area contributed by atoms with Crippen molar-refractivity contribution in [2.75, 3.05) is 6.54 Å². The Balaban J connectivity index is 1.82. The molecule has 1 N–H and O–H groups in total. The van der Waals surface area contributed by atoms with Crippen LogP contribution in [0, 0.1) is 12.8 Å². The molecule has 0 radical (unpaired) electrons. The van der Waals surface area contributed by atoms with E-state index in [-0.39, 0.29) is 0 Å². The maximum atomic E-state index is 3.50. The molecule has 0 atom stereocenters. The second-order valence-electron chi connectivity index (χ2n) is 4.00. The Kier molecular flexibility index (Phi) is 2.65. The van der Waals surface area contributed by atoms with Crippen molar-refractivity contribution in [3.8, 4) is 0 Å². The van der Waals surface area contributed by atoms with Gasteiger partial charge in [-0.15, -0.1) is 0 Å². The summed E-state index contributed by atoms with van der Waals surface area (Å²) < 4.78 is 0. The van der Waals surface area contributed by atoms with Crippen molar-refractivity contribution in [1.29, 1.82) is 0 Å². The summed E-state index contributed by atoms with van der Waals surface area (Å²) in [7, 11) is 0. The zero-order valence-corrected chi connectivity index (χ0v) is 8.22. The summed E-state index contributed by atoms with van der Waals surface area (Å²) >= 11 is 0. The smallest absolute Gasteiger partial charge is 0.0208 e. The van der Waals surface area contributed by atoms with Gasteiger partial charge in [-0.3, -0.25) is 0 Å². The molecule has 1 nitrogen and oxygen atoms in total. The number of benzene rings is 1. The molecular weight excluding hydrogens is 158 g/mol. The molecule has 1 fully saturated rings. The Morgan fingerprint density at radius 2 is 2.08 bits per heavy atom. The molecule has 0 unspecified atom stereocenters. The highest BCUT2D eigenvalue weighted by atomic mass is 14.9. The fourth-order valence-electron chi connectivity index (χ4n) is 1.54. The average Bonchev–Trinajstić information content (AvgIpc) is 2.92. The van der Waals surface area contributed by atoms with Gasteiger partial charge in [0.05, 0.1) is 0 Å². The van der Waals surface area contributed by atoms with Crippen molar-refractivity contribution in [3.63, 3.8) is 0 Å². The third-order valence-electron chi connectivity index (χ3n) is 2.71. The van der Waals surface area contributed by atoms with Gasteiger partial charge in [-0.2, -0.15) is 0 Å². The first-order valence-electron chi connectivity index (χ1n) is 5.11. The van der Waals surface area contributed by atoms with E-state index in [0.29, 0.717) is 0 Å². The quantitative estimate of drug-likeness (QED) is 0.741. The monoisotopic (exact) mass is 175 g/mol. The largest absolute Gasteiger partial charge is 0.312 e. The zero-order valence-electron chi connectivity index (χ0n) is 8.22. The van der Waals surface area contributed by atoms with Gasteiger partial charge in [0.1, 0.15) is 0 Å². The molecule has 1 aromatic carbocycles. The molecule has 13 heavy (non-hydrogen) atoms. The van der Waals surface area contributed by atoms with E-state index in [1.165, 1.54) is 30.5 Å². The van der Waals surface area contributed by atoms with Crippen LogP contribution in [-0.4, -0.2) is 6.54 Å². The molecule has 70 valence electrons. The molecule has 0 aromatic heterocycles. The van der Waals surface area contributed by atoms with Crippen LogP contribution in [0.1, 0.15) is 24.0 Å². The standard InChI is InChI=1S/C12H17N/c1-10-4-2-3-5-12(10)9-13-8-11-6-7-11/h2-5,11,13H,6-9H2,1H3. The fourth-order valence-corrected chi connectivity index (χ4v) is 1.54. The molecule has 0 aliphatic heterocycles. The first-order chi connectivity index (χ1) is 6.36. The Morgan fingerprint density at radius 3 is 2.77 bits per heavy atom.